The number of carbonyl (C=O) groups is 1. The van der Waals surface area contributed by atoms with Crippen LogP contribution in [0.4, 0.5) is 4.39 Å². The first-order chi connectivity index (χ1) is 7.09. The molecule has 0 radical (unpaired) electrons. The van der Waals surface area contributed by atoms with Gasteiger partial charge in [0.05, 0.1) is 6.42 Å². The van der Waals surface area contributed by atoms with E-state index in [1.54, 1.807) is 12.1 Å². The van der Waals surface area contributed by atoms with Gasteiger partial charge in [-0.1, -0.05) is 12.1 Å². The molecule has 3 N–H and O–H groups in total. The minimum atomic E-state index is -0.914. The van der Waals surface area contributed by atoms with Gasteiger partial charge in [-0.15, -0.1) is 0 Å². The van der Waals surface area contributed by atoms with Crippen LogP contribution in [0.15, 0.2) is 18.2 Å². The minimum absolute atomic E-state index is 0.0539. The van der Waals surface area contributed by atoms with Gasteiger partial charge in [0.15, 0.2) is 0 Å². The first-order valence-corrected chi connectivity index (χ1v) is 4.85. The van der Waals surface area contributed by atoms with Gasteiger partial charge in [0.2, 0.25) is 0 Å². The highest BCUT2D eigenvalue weighted by Gasteiger charge is 2.32. The highest BCUT2D eigenvalue weighted by atomic mass is 19.1. The molecule has 0 aliphatic heterocycles. The molecule has 80 valence electrons. The Hall–Kier alpha value is -1.42. The zero-order valence-electron chi connectivity index (χ0n) is 8.11. The Balaban J connectivity index is 2.39. The standard InChI is InChI=1S/C11H12FNO2/c12-8-3-1-2-7-9(13)4-6(11(7)8)5-10(14)15/h1-3,6,9H,4-5,13H2,(H,14,15). The predicted octanol–water partition coefficient (Wildman–Crippen LogP) is 1.79. The molecule has 1 aliphatic carbocycles. The summed E-state index contributed by atoms with van der Waals surface area (Å²) < 4.78 is 13.5. The molecule has 0 bridgehead atoms. The van der Waals surface area contributed by atoms with Crippen molar-refractivity contribution in [3.05, 3.63) is 35.1 Å². The summed E-state index contributed by atoms with van der Waals surface area (Å²) in [7, 11) is 0. The number of carboxylic acids is 1. The molecule has 1 aromatic carbocycles. The molecule has 1 aromatic rings. The van der Waals surface area contributed by atoms with Gasteiger partial charge < -0.3 is 10.8 Å². The quantitative estimate of drug-likeness (QED) is 0.780. The summed E-state index contributed by atoms with van der Waals surface area (Å²) in [5, 5.41) is 8.71. The molecule has 15 heavy (non-hydrogen) atoms. The number of carboxylic acid groups (broad SMARTS) is 1. The van der Waals surface area contributed by atoms with Gasteiger partial charge in [-0.2, -0.15) is 0 Å². The number of fused-ring (bicyclic) bond motifs is 1. The van der Waals surface area contributed by atoms with E-state index in [-0.39, 0.29) is 24.2 Å². The molecule has 0 aromatic heterocycles. The number of hydrogen-bond donors (Lipinski definition) is 2. The van der Waals surface area contributed by atoms with Crippen molar-refractivity contribution >= 4 is 5.97 Å². The van der Waals surface area contributed by atoms with Crippen molar-refractivity contribution in [3.63, 3.8) is 0 Å². The maximum Gasteiger partial charge on any atom is 0.303 e. The summed E-state index contributed by atoms with van der Waals surface area (Å²) in [5.41, 5.74) is 7.07. The lowest BCUT2D eigenvalue weighted by Crippen LogP contribution is -2.07. The average molecular weight is 209 g/mol. The number of aliphatic carboxylic acids is 1. The Labute approximate surface area is 86.7 Å². The number of rotatable bonds is 2. The summed E-state index contributed by atoms with van der Waals surface area (Å²) >= 11 is 0. The lowest BCUT2D eigenvalue weighted by Gasteiger charge is -2.08. The third kappa shape index (κ3) is 1.72. The molecule has 0 saturated carbocycles. The second-order valence-corrected chi connectivity index (χ2v) is 3.88. The molecule has 0 spiro atoms. The number of nitrogens with two attached hydrogens (primary N) is 1. The van der Waals surface area contributed by atoms with E-state index in [0.29, 0.717) is 12.0 Å². The highest BCUT2D eigenvalue weighted by Crippen LogP contribution is 2.41. The van der Waals surface area contributed by atoms with Gasteiger partial charge in [-0.25, -0.2) is 4.39 Å². The van der Waals surface area contributed by atoms with Crippen molar-refractivity contribution in [2.75, 3.05) is 0 Å². The van der Waals surface area contributed by atoms with Crippen LogP contribution in [0.3, 0.4) is 0 Å². The lowest BCUT2D eigenvalue weighted by atomic mass is 9.97. The topological polar surface area (TPSA) is 63.3 Å². The zero-order valence-corrected chi connectivity index (χ0v) is 8.11. The lowest BCUT2D eigenvalue weighted by molar-refractivity contribution is -0.137. The molecular weight excluding hydrogens is 197 g/mol. The fraction of sp³-hybridized carbons (Fsp3) is 0.364. The monoisotopic (exact) mass is 209 g/mol. The van der Waals surface area contributed by atoms with E-state index in [9.17, 15) is 9.18 Å². The van der Waals surface area contributed by atoms with Crippen LogP contribution in [0.1, 0.15) is 35.9 Å². The van der Waals surface area contributed by atoms with E-state index >= 15 is 0 Å². The summed E-state index contributed by atoms with van der Waals surface area (Å²) in [4.78, 5) is 10.6. The summed E-state index contributed by atoms with van der Waals surface area (Å²) in [6.07, 6.45) is 0.462. The summed E-state index contributed by atoms with van der Waals surface area (Å²) in [6, 6.07) is 4.49. The van der Waals surface area contributed by atoms with Gasteiger partial charge in [-0.3, -0.25) is 4.79 Å². The van der Waals surface area contributed by atoms with E-state index in [1.165, 1.54) is 6.07 Å². The third-order valence-electron chi connectivity index (χ3n) is 2.85. The van der Waals surface area contributed by atoms with Crippen LogP contribution in [-0.2, 0) is 4.79 Å². The van der Waals surface area contributed by atoms with Crippen molar-refractivity contribution in [2.24, 2.45) is 5.73 Å². The number of hydrogen-bond acceptors (Lipinski definition) is 2. The second-order valence-electron chi connectivity index (χ2n) is 3.88. The number of benzene rings is 1. The molecule has 2 atom stereocenters. The van der Waals surface area contributed by atoms with Gasteiger partial charge in [0, 0.05) is 6.04 Å². The van der Waals surface area contributed by atoms with Crippen molar-refractivity contribution in [1.82, 2.24) is 0 Å². The molecule has 0 fully saturated rings. The van der Waals surface area contributed by atoms with Gasteiger partial charge in [-0.05, 0) is 29.5 Å². The maximum atomic E-state index is 13.5. The molecule has 4 heteroatoms. The smallest absolute Gasteiger partial charge is 0.303 e. The van der Waals surface area contributed by atoms with E-state index in [4.69, 9.17) is 10.8 Å². The van der Waals surface area contributed by atoms with Crippen molar-refractivity contribution in [2.45, 2.75) is 24.8 Å². The van der Waals surface area contributed by atoms with Crippen LogP contribution in [0.5, 0.6) is 0 Å². The second kappa shape index (κ2) is 3.62. The first kappa shape index (κ1) is 10.1. The highest BCUT2D eigenvalue weighted by molar-refractivity contribution is 5.68. The fourth-order valence-electron chi connectivity index (χ4n) is 2.26. The number of halogens is 1. The zero-order chi connectivity index (χ0) is 11.0. The first-order valence-electron chi connectivity index (χ1n) is 4.85. The maximum absolute atomic E-state index is 13.5. The Morgan fingerprint density at radius 3 is 3.00 bits per heavy atom. The Morgan fingerprint density at radius 1 is 1.60 bits per heavy atom. The summed E-state index contributed by atoms with van der Waals surface area (Å²) in [5.74, 6) is -1.54. The molecule has 2 rings (SSSR count). The normalized spacial score (nSPS) is 23.9. The molecule has 0 saturated heterocycles. The van der Waals surface area contributed by atoms with Crippen molar-refractivity contribution in [1.29, 1.82) is 0 Å². The van der Waals surface area contributed by atoms with E-state index in [2.05, 4.69) is 0 Å². The van der Waals surface area contributed by atoms with Crippen LogP contribution < -0.4 is 5.73 Å². The van der Waals surface area contributed by atoms with Crippen LogP contribution in [-0.4, -0.2) is 11.1 Å². The predicted molar refractivity (Wildman–Crippen MR) is 52.9 cm³/mol. The van der Waals surface area contributed by atoms with Crippen LogP contribution in [0.2, 0.25) is 0 Å². The molecule has 3 nitrogen and oxygen atoms in total. The van der Waals surface area contributed by atoms with E-state index in [0.717, 1.165) is 5.56 Å². The largest absolute Gasteiger partial charge is 0.481 e. The van der Waals surface area contributed by atoms with E-state index < -0.39 is 5.97 Å². The minimum Gasteiger partial charge on any atom is -0.481 e. The molecule has 0 amide bonds. The Kier molecular flexibility index (Phi) is 2.44. The van der Waals surface area contributed by atoms with Crippen LogP contribution in [0, 0.1) is 5.82 Å². The Morgan fingerprint density at radius 2 is 2.33 bits per heavy atom. The molecule has 0 heterocycles. The SMILES string of the molecule is NC1CC(CC(=O)O)c2c(F)cccc21. The van der Waals surface area contributed by atoms with Crippen LogP contribution in [0.25, 0.3) is 0 Å². The third-order valence-corrected chi connectivity index (χ3v) is 2.85. The van der Waals surface area contributed by atoms with Gasteiger partial charge in [0.25, 0.3) is 0 Å². The average Bonchev–Trinajstić information content (AvgIpc) is 2.44. The van der Waals surface area contributed by atoms with Crippen LogP contribution >= 0.6 is 0 Å². The Bertz CT molecular complexity index is 406. The molecular formula is C11H12FNO2. The fourth-order valence-corrected chi connectivity index (χ4v) is 2.26. The molecule has 2 unspecified atom stereocenters. The van der Waals surface area contributed by atoms with Gasteiger partial charge in [0.1, 0.15) is 5.82 Å². The summed E-state index contributed by atoms with van der Waals surface area (Å²) in [6.45, 7) is 0. The van der Waals surface area contributed by atoms with Crippen molar-refractivity contribution < 1.29 is 14.3 Å². The van der Waals surface area contributed by atoms with Gasteiger partial charge >= 0.3 is 5.97 Å². The van der Waals surface area contributed by atoms with Crippen molar-refractivity contribution in [3.8, 4) is 0 Å². The van der Waals surface area contributed by atoms with E-state index in [1.807, 2.05) is 0 Å². The molecule has 1 aliphatic rings.